The molecule has 74 valence electrons. The van der Waals surface area contributed by atoms with Crippen molar-refractivity contribution >= 4 is 34.0 Å². The number of thioether (sulfide) groups is 2. The van der Waals surface area contributed by atoms with Crippen LogP contribution in [0.2, 0.25) is 0 Å². The number of nitrogens with zero attached hydrogens (tertiary/aromatic N) is 2. The molecule has 0 aromatic carbocycles. The van der Waals surface area contributed by atoms with Gasteiger partial charge in [-0.3, -0.25) is 4.84 Å². The van der Waals surface area contributed by atoms with E-state index in [1.165, 1.54) is 28.4 Å². The molecule has 1 aliphatic heterocycles. The third kappa shape index (κ3) is 3.88. The maximum absolute atomic E-state index is 10.9. The fraction of sp³-hybridized carbons (Fsp3) is 0.667. The van der Waals surface area contributed by atoms with E-state index < -0.39 is 6.09 Å². The molecule has 1 aliphatic rings. The van der Waals surface area contributed by atoms with Crippen molar-refractivity contribution < 1.29 is 14.4 Å². The predicted octanol–water partition coefficient (Wildman–Crippen LogP) is 1.37. The highest BCUT2D eigenvalue weighted by Crippen LogP contribution is 2.23. The Hall–Kier alpha value is -0.400. The standard InChI is InChI=1S/C6H10N2O3S2/c1-8(2)6(9)11-7-5-12-3-10-4-13-5/h3-4H2,1-2H3. The van der Waals surface area contributed by atoms with Crippen LogP contribution in [0.1, 0.15) is 0 Å². The molecule has 0 aromatic heterocycles. The first-order valence-corrected chi connectivity index (χ1v) is 5.47. The number of ether oxygens (including phenoxy) is 1. The van der Waals surface area contributed by atoms with Gasteiger partial charge in [0, 0.05) is 14.1 Å². The van der Waals surface area contributed by atoms with E-state index in [2.05, 4.69) is 9.99 Å². The largest absolute Gasteiger partial charge is 0.435 e. The second-order valence-electron chi connectivity index (χ2n) is 2.34. The zero-order chi connectivity index (χ0) is 9.68. The van der Waals surface area contributed by atoms with Crippen molar-refractivity contribution in [3.05, 3.63) is 0 Å². The van der Waals surface area contributed by atoms with Crippen LogP contribution >= 0.6 is 23.5 Å². The van der Waals surface area contributed by atoms with Gasteiger partial charge in [0.25, 0.3) is 0 Å². The maximum Gasteiger partial charge on any atom is 0.435 e. The summed E-state index contributed by atoms with van der Waals surface area (Å²) in [5.41, 5.74) is 0. The van der Waals surface area contributed by atoms with Crippen LogP contribution in [0.4, 0.5) is 4.79 Å². The van der Waals surface area contributed by atoms with E-state index in [9.17, 15) is 4.79 Å². The Morgan fingerprint density at radius 2 is 2.15 bits per heavy atom. The van der Waals surface area contributed by atoms with Gasteiger partial charge in [-0.1, -0.05) is 28.7 Å². The number of rotatable bonds is 1. The average molecular weight is 222 g/mol. The molecule has 7 heteroatoms. The summed E-state index contributed by atoms with van der Waals surface area (Å²) in [6, 6.07) is 0. The Bertz CT molecular complexity index is 212. The summed E-state index contributed by atoms with van der Waals surface area (Å²) in [7, 11) is 3.21. The molecule has 0 unspecified atom stereocenters. The number of amides is 1. The zero-order valence-corrected chi connectivity index (χ0v) is 8.98. The molecule has 0 aromatic rings. The molecular formula is C6H10N2O3S2. The highest BCUT2D eigenvalue weighted by Gasteiger charge is 2.11. The first kappa shape index (κ1) is 10.7. The predicted molar refractivity (Wildman–Crippen MR) is 53.6 cm³/mol. The second kappa shape index (κ2) is 5.36. The summed E-state index contributed by atoms with van der Waals surface area (Å²) in [6.07, 6.45) is -0.472. The molecule has 0 aliphatic carbocycles. The minimum Gasteiger partial charge on any atom is -0.359 e. The number of oxime groups is 1. The lowest BCUT2D eigenvalue weighted by molar-refractivity contribution is 0.123. The summed E-state index contributed by atoms with van der Waals surface area (Å²) in [5.74, 6) is 1.12. The van der Waals surface area contributed by atoms with Gasteiger partial charge in [-0.05, 0) is 0 Å². The van der Waals surface area contributed by atoms with Crippen molar-refractivity contribution in [2.45, 2.75) is 0 Å². The normalized spacial score (nSPS) is 16.6. The van der Waals surface area contributed by atoms with Crippen molar-refractivity contribution in [3.63, 3.8) is 0 Å². The van der Waals surface area contributed by atoms with Crippen LogP contribution in [0.25, 0.3) is 0 Å². The fourth-order valence-electron chi connectivity index (χ4n) is 0.471. The molecule has 0 radical (unpaired) electrons. The van der Waals surface area contributed by atoms with Crippen molar-refractivity contribution in [1.29, 1.82) is 0 Å². The van der Waals surface area contributed by atoms with Gasteiger partial charge in [0.2, 0.25) is 0 Å². The molecule has 1 fully saturated rings. The molecule has 0 spiro atoms. The first-order valence-electron chi connectivity index (χ1n) is 3.50. The maximum atomic E-state index is 10.9. The minimum atomic E-state index is -0.472. The molecule has 1 saturated heterocycles. The van der Waals surface area contributed by atoms with E-state index in [-0.39, 0.29) is 0 Å². The average Bonchev–Trinajstić information content (AvgIpc) is 2.15. The Morgan fingerprint density at radius 3 is 2.69 bits per heavy atom. The van der Waals surface area contributed by atoms with E-state index in [0.29, 0.717) is 11.9 Å². The number of hydrogen-bond donors (Lipinski definition) is 0. The van der Waals surface area contributed by atoms with Gasteiger partial charge in [0.15, 0.2) is 4.38 Å². The number of carbonyl (C=O) groups is 1. The SMILES string of the molecule is CN(C)C(=O)ON=C1SCOCS1. The van der Waals surface area contributed by atoms with E-state index in [4.69, 9.17) is 4.74 Å². The first-order chi connectivity index (χ1) is 6.20. The van der Waals surface area contributed by atoms with Gasteiger partial charge in [0.1, 0.15) is 0 Å². The van der Waals surface area contributed by atoms with Gasteiger partial charge in [0.05, 0.1) is 11.9 Å². The second-order valence-corrected chi connectivity index (χ2v) is 4.42. The molecule has 0 atom stereocenters. The van der Waals surface area contributed by atoms with Gasteiger partial charge in [-0.25, -0.2) is 4.79 Å². The lowest BCUT2D eigenvalue weighted by Crippen LogP contribution is -2.21. The van der Waals surface area contributed by atoms with Crippen LogP contribution in [-0.4, -0.2) is 41.3 Å². The highest BCUT2D eigenvalue weighted by molar-refractivity contribution is 8.39. The summed E-state index contributed by atoms with van der Waals surface area (Å²) >= 11 is 2.82. The third-order valence-electron chi connectivity index (χ3n) is 1.09. The molecule has 5 nitrogen and oxygen atoms in total. The number of carbonyl (C=O) groups excluding carboxylic acids is 1. The van der Waals surface area contributed by atoms with Crippen molar-refractivity contribution in [2.75, 3.05) is 26.0 Å². The smallest absolute Gasteiger partial charge is 0.359 e. The Kier molecular flexibility index (Phi) is 4.40. The molecule has 13 heavy (non-hydrogen) atoms. The van der Waals surface area contributed by atoms with Crippen LogP contribution in [0.3, 0.4) is 0 Å². The van der Waals surface area contributed by atoms with Crippen LogP contribution in [0.15, 0.2) is 5.16 Å². The van der Waals surface area contributed by atoms with Crippen LogP contribution in [0, 0.1) is 0 Å². The molecule has 1 heterocycles. The fourth-order valence-corrected chi connectivity index (χ4v) is 1.91. The number of hydrogen-bond acceptors (Lipinski definition) is 6. The van der Waals surface area contributed by atoms with Crippen LogP contribution in [-0.2, 0) is 9.57 Å². The molecule has 0 bridgehead atoms. The lowest BCUT2D eigenvalue weighted by atomic mass is 10.9. The lowest BCUT2D eigenvalue weighted by Gasteiger charge is -2.12. The summed E-state index contributed by atoms with van der Waals surface area (Å²) in [6.45, 7) is 0. The molecule has 1 rings (SSSR count). The molecule has 0 saturated carbocycles. The van der Waals surface area contributed by atoms with Crippen molar-refractivity contribution in [1.82, 2.24) is 4.90 Å². The Labute approximate surface area is 84.8 Å². The molecule has 0 N–H and O–H groups in total. The van der Waals surface area contributed by atoms with E-state index in [0.717, 1.165) is 4.38 Å². The molecular weight excluding hydrogens is 212 g/mol. The van der Waals surface area contributed by atoms with Crippen molar-refractivity contribution in [3.8, 4) is 0 Å². The Balaban J connectivity index is 2.33. The van der Waals surface area contributed by atoms with Crippen LogP contribution in [0.5, 0.6) is 0 Å². The monoisotopic (exact) mass is 222 g/mol. The van der Waals surface area contributed by atoms with E-state index in [1.807, 2.05) is 0 Å². The van der Waals surface area contributed by atoms with Gasteiger partial charge in [-0.2, -0.15) is 0 Å². The van der Waals surface area contributed by atoms with Crippen molar-refractivity contribution in [2.24, 2.45) is 5.16 Å². The summed E-state index contributed by atoms with van der Waals surface area (Å²) in [4.78, 5) is 16.9. The van der Waals surface area contributed by atoms with Crippen LogP contribution < -0.4 is 0 Å². The molecule has 1 amide bonds. The van der Waals surface area contributed by atoms with Gasteiger partial charge < -0.3 is 9.64 Å². The van der Waals surface area contributed by atoms with Gasteiger partial charge in [-0.15, -0.1) is 0 Å². The quantitative estimate of drug-likeness (QED) is 0.495. The van der Waals surface area contributed by atoms with E-state index in [1.54, 1.807) is 14.1 Å². The zero-order valence-electron chi connectivity index (χ0n) is 7.35. The Morgan fingerprint density at radius 1 is 1.54 bits per heavy atom. The summed E-state index contributed by atoms with van der Waals surface area (Å²) < 4.78 is 5.77. The third-order valence-corrected chi connectivity index (χ3v) is 3.01. The topological polar surface area (TPSA) is 51.1 Å². The summed E-state index contributed by atoms with van der Waals surface area (Å²) in [5, 5.41) is 3.68. The van der Waals surface area contributed by atoms with Gasteiger partial charge >= 0.3 is 6.09 Å². The minimum absolute atomic E-state index is 0.472. The highest BCUT2D eigenvalue weighted by atomic mass is 32.2. The van der Waals surface area contributed by atoms with E-state index >= 15 is 0 Å².